The van der Waals surface area contributed by atoms with Gasteiger partial charge in [0, 0.05) is 12.6 Å². The van der Waals surface area contributed by atoms with Crippen LogP contribution in [0.15, 0.2) is 89.8 Å². The van der Waals surface area contributed by atoms with Crippen molar-refractivity contribution in [2.75, 3.05) is 24.5 Å². The molecule has 9 heteroatoms. The number of ether oxygens (including phenoxy) is 1. The van der Waals surface area contributed by atoms with E-state index in [-0.39, 0.29) is 23.4 Å². The molecule has 1 aliphatic carbocycles. The molecule has 1 atom stereocenters. The number of carbonyl (C=O) groups excluding carboxylic acids is 2. The molecule has 0 radical (unpaired) electrons. The lowest BCUT2D eigenvalue weighted by Crippen LogP contribution is -2.53. The molecule has 0 heterocycles. The Morgan fingerprint density at radius 3 is 2.12 bits per heavy atom. The van der Waals surface area contributed by atoms with Crippen LogP contribution in [0.25, 0.3) is 0 Å². The van der Waals surface area contributed by atoms with Crippen LogP contribution < -0.4 is 14.4 Å². The minimum atomic E-state index is -4.11. The molecular weight excluding hydrogens is 526 g/mol. The van der Waals surface area contributed by atoms with Gasteiger partial charge in [0.05, 0.1) is 17.7 Å². The number of methoxy groups -OCH3 is 1. The normalized spacial score (nSPS) is 14.3. The highest BCUT2D eigenvalue weighted by Gasteiger charge is 2.33. The lowest BCUT2D eigenvalue weighted by atomic mass is 10.1. The molecule has 1 fully saturated rings. The Hall–Kier alpha value is -3.85. The van der Waals surface area contributed by atoms with Gasteiger partial charge < -0.3 is 15.0 Å². The zero-order valence-electron chi connectivity index (χ0n) is 23.0. The Bertz CT molecular complexity index is 1360. The topological polar surface area (TPSA) is 96.0 Å². The number of sulfonamides is 1. The largest absolute Gasteiger partial charge is 0.497 e. The van der Waals surface area contributed by atoms with E-state index in [1.165, 1.54) is 24.1 Å². The molecule has 3 aromatic carbocycles. The maximum absolute atomic E-state index is 13.9. The van der Waals surface area contributed by atoms with Gasteiger partial charge in [-0.3, -0.25) is 13.9 Å². The third-order valence-electron chi connectivity index (χ3n) is 7.32. The summed E-state index contributed by atoms with van der Waals surface area (Å²) in [5.41, 5.74) is 1.38. The van der Waals surface area contributed by atoms with Gasteiger partial charge in [-0.1, -0.05) is 61.4 Å². The van der Waals surface area contributed by atoms with Gasteiger partial charge in [0.2, 0.25) is 11.8 Å². The average molecular weight is 564 g/mol. The maximum atomic E-state index is 13.9. The molecule has 0 aliphatic heterocycles. The van der Waals surface area contributed by atoms with Gasteiger partial charge in [-0.05, 0) is 68.1 Å². The second-order valence-corrected chi connectivity index (χ2v) is 11.9. The minimum absolute atomic E-state index is 0.0350. The summed E-state index contributed by atoms with van der Waals surface area (Å²) >= 11 is 0. The molecule has 0 spiro atoms. The fourth-order valence-electron chi connectivity index (χ4n) is 4.96. The fourth-order valence-corrected chi connectivity index (χ4v) is 6.37. The van der Waals surface area contributed by atoms with Crippen LogP contribution in [-0.2, 0) is 26.0 Å². The molecule has 0 bridgehead atoms. The number of hydrogen-bond acceptors (Lipinski definition) is 5. The van der Waals surface area contributed by atoms with Crippen molar-refractivity contribution < 1.29 is 22.7 Å². The molecular formula is C31H37N3O5S. The quantitative estimate of drug-likeness (QED) is 0.352. The summed E-state index contributed by atoms with van der Waals surface area (Å²) in [4.78, 5) is 28.7. The molecule has 3 aromatic rings. The number of amides is 2. The number of nitrogens with one attached hydrogen (secondary N) is 1. The Morgan fingerprint density at radius 1 is 0.925 bits per heavy atom. The Morgan fingerprint density at radius 2 is 1.52 bits per heavy atom. The predicted octanol–water partition coefficient (Wildman–Crippen LogP) is 4.41. The van der Waals surface area contributed by atoms with Crippen LogP contribution >= 0.6 is 0 Å². The van der Waals surface area contributed by atoms with Gasteiger partial charge in [0.15, 0.2) is 0 Å². The molecule has 8 nitrogen and oxygen atoms in total. The number of anilines is 1. The fraction of sp³-hybridized carbons (Fsp3) is 0.355. The lowest BCUT2D eigenvalue weighted by molar-refractivity contribution is -0.139. The monoisotopic (exact) mass is 563 g/mol. The van der Waals surface area contributed by atoms with Gasteiger partial charge in [-0.2, -0.15) is 0 Å². The van der Waals surface area contributed by atoms with Crippen LogP contribution in [0.1, 0.15) is 38.2 Å². The van der Waals surface area contributed by atoms with Crippen molar-refractivity contribution in [2.45, 2.75) is 56.0 Å². The molecule has 212 valence electrons. The van der Waals surface area contributed by atoms with Crippen molar-refractivity contribution in [2.24, 2.45) is 0 Å². The van der Waals surface area contributed by atoms with Crippen molar-refractivity contribution in [3.63, 3.8) is 0 Å². The van der Waals surface area contributed by atoms with E-state index in [1.54, 1.807) is 49.4 Å². The minimum Gasteiger partial charge on any atom is -0.497 e. The average Bonchev–Trinajstić information content (AvgIpc) is 3.50. The van der Waals surface area contributed by atoms with Gasteiger partial charge in [-0.25, -0.2) is 8.42 Å². The summed E-state index contributed by atoms with van der Waals surface area (Å²) in [6.45, 7) is 1.53. The maximum Gasteiger partial charge on any atom is 0.264 e. The molecule has 1 N–H and O–H groups in total. The lowest BCUT2D eigenvalue weighted by Gasteiger charge is -2.32. The zero-order valence-corrected chi connectivity index (χ0v) is 23.8. The highest BCUT2D eigenvalue weighted by molar-refractivity contribution is 7.92. The van der Waals surface area contributed by atoms with Crippen molar-refractivity contribution in [3.05, 3.63) is 90.5 Å². The molecule has 1 aliphatic rings. The van der Waals surface area contributed by atoms with Gasteiger partial charge in [-0.15, -0.1) is 0 Å². The Balaban J connectivity index is 1.62. The van der Waals surface area contributed by atoms with Crippen LogP contribution in [0.5, 0.6) is 5.75 Å². The number of nitrogens with zero attached hydrogens (tertiary/aromatic N) is 2. The van der Waals surface area contributed by atoms with E-state index in [0.717, 1.165) is 35.6 Å². The summed E-state index contributed by atoms with van der Waals surface area (Å²) in [5.74, 6) is -0.154. The third kappa shape index (κ3) is 7.21. The summed E-state index contributed by atoms with van der Waals surface area (Å²) < 4.78 is 34.0. The molecule has 0 unspecified atom stereocenters. The number of rotatable bonds is 12. The highest BCUT2D eigenvalue weighted by atomic mass is 32.2. The summed E-state index contributed by atoms with van der Waals surface area (Å²) in [6, 6.07) is 23.6. The van der Waals surface area contributed by atoms with Crippen molar-refractivity contribution >= 4 is 27.5 Å². The molecule has 40 heavy (non-hydrogen) atoms. The van der Waals surface area contributed by atoms with E-state index >= 15 is 0 Å². The molecule has 4 rings (SSSR count). The molecule has 2 amide bonds. The number of hydrogen-bond donors (Lipinski definition) is 1. The Kier molecular flexibility index (Phi) is 9.82. The van der Waals surface area contributed by atoms with Crippen LogP contribution in [0, 0.1) is 0 Å². The second kappa shape index (κ2) is 13.5. The molecule has 0 aromatic heterocycles. The van der Waals surface area contributed by atoms with Crippen molar-refractivity contribution in [1.29, 1.82) is 0 Å². The molecule has 0 saturated heterocycles. The van der Waals surface area contributed by atoms with E-state index < -0.39 is 28.5 Å². The smallest absolute Gasteiger partial charge is 0.264 e. The first-order valence-electron chi connectivity index (χ1n) is 13.6. The van der Waals surface area contributed by atoms with E-state index in [2.05, 4.69) is 5.32 Å². The highest BCUT2D eigenvalue weighted by Crippen LogP contribution is 2.26. The van der Waals surface area contributed by atoms with Crippen LogP contribution in [0.2, 0.25) is 0 Å². The summed E-state index contributed by atoms with van der Waals surface area (Å²) in [5, 5.41) is 3.09. The number of para-hydroxylation sites is 1. The predicted molar refractivity (Wildman–Crippen MR) is 156 cm³/mol. The second-order valence-electron chi connectivity index (χ2n) is 10.0. The van der Waals surface area contributed by atoms with E-state index in [4.69, 9.17) is 4.74 Å². The van der Waals surface area contributed by atoms with Crippen LogP contribution in [-0.4, -0.2) is 57.4 Å². The van der Waals surface area contributed by atoms with Gasteiger partial charge >= 0.3 is 0 Å². The van der Waals surface area contributed by atoms with Crippen LogP contribution in [0.3, 0.4) is 0 Å². The first-order chi connectivity index (χ1) is 19.3. The van der Waals surface area contributed by atoms with Crippen molar-refractivity contribution in [3.8, 4) is 5.75 Å². The molecule has 1 saturated carbocycles. The third-order valence-corrected chi connectivity index (χ3v) is 9.11. The van der Waals surface area contributed by atoms with Crippen LogP contribution in [0.4, 0.5) is 5.69 Å². The summed E-state index contributed by atoms with van der Waals surface area (Å²) in [6.07, 6.45) is 4.54. The number of benzene rings is 3. The zero-order chi connectivity index (χ0) is 28.5. The first-order valence-corrected chi connectivity index (χ1v) is 15.1. The van der Waals surface area contributed by atoms with E-state index in [0.29, 0.717) is 17.9 Å². The van der Waals surface area contributed by atoms with Gasteiger partial charge in [0.25, 0.3) is 10.0 Å². The first kappa shape index (κ1) is 29.1. The van der Waals surface area contributed by atoms with Crippen molar-refractivity contribution in [1.82, 2.24) is 10.2 Å². The standard InChI is InChI=1S/C31H37N3O5S/c1-24(31(36)32-26-13-9-10-14-26)33(22-21-25-11-5-3-6-12-25)30(35)23-34(27-15-7-4-8-16-27)40(37,38)29-19-17-28(39-2)18-20-29/h3-8,11-12,15-20,24,26H,9-10,13-14,21-23H2,1-2H3,(H,32,36)/t24-/m0/s1. The SMILES string of the molecule is COc1ccc(S(=O)(=O)N(CC(=O)N(CCc2ccccc2)[C@@H](C)C(=O)NC2CCCC2)c2ccccc2)cc1. The van der Waals surface area contributed by atoms with E-state index in [1.807, 2.05) is 30.3 Å². The van der Waals surface area contributed by atoms with Gasteiger partial charge in [0.1, 0.15) is 18.3 Å². The van der Waals surface area contributed by atoms with E-state index in [9.17, 15) is 18.0 Å². The Labute approximate surface area is 237 Å². The number of carbonyl (C=O) groups is 2. The summed E-state index contributed by atoms with van der Waals surface area (Å²) in [7, 11) is -2.60.